The Hall–Kier alpha value is -3.66. The van der Waals surface area contributed by atoms with Crippen molar-refractivity contribution in [3.63, 3.8) is 0 Å². The van der Waals surface area contributed by atoms with Crippen LogP contribution in [-0.2, 0) is 38.5 Å². The lowest BCUT2D eigenvalue weighted by Gasteiger charge is -2.25. The summed E-state index contributed by atoms with van der Waals surface area (Å²) in [5.41, 5.74) is 3.22. The molecule has 1 aliphatic heterocycles. The van der Waals surface area contributed by atoms with Gasteiger partial charge in [-0.1, -0.05) is 36.4 Å². The average Bonchev–Trinajstić information content (AvgIpc) is 2.95. The van der Waals surface area contributed by atoms with Crippen LogP contribution in [0.4, 0.5) is 10.6 Å². The molecule has 10 heteroatoms. The van der Waals surface area contributed by atoms with E-state index in [9.17, 15) is 14.4 Å². The van der Waals surface area contributed by atoms with Gasteiger partial charge in [-0.3, -0.25) is 4.79 Å². The Morgan fingerprint density at radius 3 is 2.67 bits per heavy atom. The van der Waals surface area contributed by atoms with E-state index in [0.717, 1.165) is 62.3 Å². The number of anilines is 1. The number of amides is 2. The highest BCUT2D eigenvalue weighted by Crippen LogP contribution is 2.20. The second-order valence-corrected chi connectivity index (χ2v) is 9.69. The highest BCUT2D eigenvalue weighted by Gasteiger charge is 2.23. The SMILES string of the molecule is COC(=O)C(CCN(CCCCc1ccc2c(n1)NCCC2)CCNC(C)=O)NC(=O)OCc1ccccc1. The molecule has 0 bridgehead atoms. The second kappa shape index (κ2) is 16.3. The molecule has 1 aliphatic rings. The van der Waals surface area contributed by atoms with Crippen molar-refractivity contribution in [3.8, 4) is 0 Å². The number of aryl methyl sites for hydroxylation is 2. The molecule has 0 aliphatic carbocycles. The number of ether oxygens (including phenoxy) is 2. The number of esters is 1. The minimum atomic E-state index is -0.839. The van der Waals surface area contributed by atoms with Crippen LogP contribution in [0.3, 0.4) is 0 Å². The lowest BCUT2D eigenvalue weighted by Crippen LogP contribution is -2.44. The zero-order chi connectivity index (χ0) is 27.9. The molecule has 0 radical (unpaired) electrons. The summed E-state index contributed by atoms with van der Waals surface area (Å²) in [5, 5.41) is 8.85. The normalized spacial score (nSPS) is 13.1. The number of carbonyl (C=O) groups is 3. The number of hydrogen-bond acceptors (Lipinski definition) is 8. The van der Waals surface area contributed by atoms with E-state index in [2.05, 4.69) is 33.0 Å². The molecule has 1 atom stereocenters. The monoisotopic (exact) mass is 539 g/mol. The summed E-state index contributed by atoms with van der Waals surface area (Å²) in [5.74, 6) is 0.400. The smallest absolute Gasteiger partial charge is 0.408 e. The van der Waals surface area contributed by atoms with Gasteiger partial charge in [-0.15, -0.1) is 0 Å². The molecule has 1 unspecified atom stereocenters. The van der Waals surface area contributed by atoms with Crippen LogP contribution in [0, 0.1) is 0 Å². The summed E-state index contributed by atoms with van der Waals surface area (Å²) >= 11 is 0. The number of nitrogens with one attached hydrogen (secondary N) is 3. The number of carbonyl (C=O) groups excluding carboxylic acids is 3. The molecule has 39 heavy (non-hydrogen) atoms. The number of hydrogen-bond donors (Lipinski definition) is 3. The molecule has 2 amide bonds. The van der Waals surface area contributed by atoms with E-state index in [1.807, 2.05) is 30.3 Å². The maximum absolute atomic E-state index is 12.4. The summed E-state index contributed by atoms with van der Waals surface area (Å²) in [6.07, 6.45) is 4.67. The Labute approximate surface area is 230 Å². The Morgan fingerprint density at radius 2 is 1.90 bits per heavy atom. The third kappa shape index (κ3) is 10.9. The number of rotatable bonds is 15. The highest BCUT2D eigenvalue weighted by atomic mass is 16.6. The third-order valence-corrected chi connectivity index (χ3v) is 6.64. The predicted molar refractivity (Wildman–Crippen MR) is 149 cm³/mol. The van der Waals surface area contributed by atoms with Crippen LogP contribution < -0.4 is 16.0 Å². The standard InChI is InChI=1S/C29H41N5O5/c1-22(35)30-17-20-34(18-7-6-12-25-14-13-24-11-8-16-31-27(24)32-25)19-15-26(28(36)38-2)33-29(37)39-21-23-9-4-3-5-10-23/h3-5,9-10,13-14,26H,6-8,11-12,15-21H2,1-2H3,(H,30,35)(H,31,32)(H,33,37). The summed E-state index contributed by atoms with van der Waals surface area (Å²) in [7, 11) is 1.30. The largest absolute Gasteiger partial charge is 0.467 e. The maximum atomic E-state index is 12.4. The first-order valence-corrected chi connectivity index (χ1v) is 13.7. The van der Waals surface area contributed by atoms with Crippen molar-refractivity contribution < 1.29 is 23.9 Å². The van der Waals surface area contributed by atoms with Crippen molar-refractivity contribution in [1.82, 2.24) is 20.5 Å². The third-order valence-electron chi connectivity index (χ3n) is 6.64. The number of nitrogens with zero attached hydrogens (tertiary/aromatic N) is 2. The lowest BCUT2D eigenvalue weighted by molar-refractivity contribution is -0.143. The van der Waals surface area contributed by atoms with Crippen molar-refractivity contribution in [2.45, 2.75) is 58.1 Å². The molecule has 1 aromatic carbocycles. The summed E-state index contributed by atoms with van der Waals surface area (Å²) < 4.78 is 10.2. The topological polar surface area (TPSA) is 122 Å². The minimum absolute atomic E-state index is 0.0858. The molecular weight excluding hydrogens is 498 g/mol. The molecule has 0 saturated heterocycles. The van der Waals surface area contributed by atoms with Crippen LogP contribution in [0.15, 0.2) is 42.5 Å². The van der Waals surface area contributed by atoms with E-state index in [1.54, 1.807) is 0 Å². The molecule has 3 rings (SSSR count). The van der Waals surface area contributed by atoms with Gasteiger partial charge in [0.05, 0.1) is 7.11 Å². The van der Waals surface area contributed by atoms with Crippen LogP contribution in [0.1, 0.15) is 49.4 Å². The Morgan fingerprint density at radius 1 is 1.08 bits per heavy atom. The highest BCUT2D eigenvalue weighted by molar-refractivity contribution is 5.81. The Bertz CT molecular complexity index is 1070. The van der Waals surface area contributed by atoms with Gasteiger partial charge in [0, 0.05) is 38.8 Å². The summed E-state index contributed by atoms with van der Waals surface area (Å²) in [4.78, 5) is 43.1. The van der Waals surface area contributed by atoms with Gasteiger partial charge in [-0.25, -0.2) is 14.6 Å². The number of aromatic nitrogens is 1. The van der Waals surface area contributed by atoms with Crippen LogP contribution in [0.5, 0.6) is 0 Å². The molecular formula is C29H41N5O5. The molecule has 3 N–H and O–H groups in total. The van der Waals surface area contributed by atoms with Gasteiger partial charge in [0.1, 0.15) is 18.5 Å². The molecule has 1 aromatic heterocycles. The van der Waals surface area contributed by atoms with E-state index < -0.39 is 18.1 Å². The van der Waals surface area contributed by atoms with Gasteiger partial charge < -0.3 is 30.3 Å². The Kier molecular flexibility index (Phi) is 12.5. The van der Waals surface area contributed by atoms with Gasteiger partial charge >= 0.3 is 12.1 Å². The molecule has 0 saturated carbocycles. The van der Waals surface area contributed by atoms with Crippen LogP contribution in [-0.4, -0.2) is 73.7 Å². The molecule has 10 nitrogen and oxygen atoms in total. The zero-order valence-corrected chi connectivity index (χ0v) is 23.0. The van der Waals surface area contributed by atoms with Gasteiger partial charge in [0.2, 0.25) is 5.91 Å². The van der Waals surface area contributed by atoms with E-state index in [-0.39, 0.29) is 12.5 Å². The Balaban J connectivity index is 1.48. The summed E-state index contributed by atoms with van der Waals surface area (Å²) in [6.45, 7) is 5.03. The minimum Gasteiger partial charge on any atom is -0.467 e. The van der Waals surface area contributed by atoms with Crippen molar-refractivity contribution in [2.24, 2.45) is 0 Å². The predicted octanol–water partition coefficient (Wildman–Crippen LogP) is 3.06. The van der Waals surface area contributed by atoms with E-state index in [0.29, 0.717) is 26.1 Å². The fourth-order valence-corrected chi connectivity index (χ4v) is 4.48. The van der Waals surface area contributed by atoms with Crippen molar-refractivity contribution in [1.29, 1.82) is 0 Å². The number of methoxy groups -OCH3 is 1. The second-order valence-electron chi connectivity index (χ2n) is 9.69. The molecule has 2 aromatic rings. The van der Waals surface area contributed by atoms with E-state index in [4.69, 9.17) is 14.5 Å². The van der Waals surface area contributed by atoms with Crippen molar-refractivity contribution in [3.05, 3.63) is 59.3 Å². The lowest BCUT2D eigenvalue weighted by atomic mass is 10.1. The quantitative estimate of drug-likeness (QED) is 0.233. The van der Waals surface area contributed by atoms with Crippen LogP contribution >= 0.6 is 0 Å². The summed E-state index contributed by atoms with van der Waals surface area (Å²) in [6, 6.07) is 12.8. The van der Waals surface area contributed by atoms with Gasteiger partial charge in [-0.05, 0) is 62.3 Å². The number of pyridine rings is 1. The fraction of sp³-hybridized carbons (Fsp3) is 0.517. The molecule has 212 valence electrons. The molecule has 0 fully saturated rings. The van der Waals surface area contributed by atoms with Gasteiger partial charge in [-0.2, -0.15) is 0 Å². The first-order chi connectivity index (χ1) is 18.9. The first kappa shape index (κ1) is 29.9. The van der Waals surface area contributed by atoms with Crippen molar-refractivity contribution in [2.75, 3.05) is 45.2 Å². The number of benzene rings is 1. The van der Waals surface area contributed by atoms with Crippen molar-refractivity contribution >= 4 is 23.8 Å². The van der Waals surface area contributed by atoms with Gasteiger partial charge in [0.15, 0.2) is 0 Å². The van der Waals surface area contributed by atoms with E-state index in [1.165, 1.54) is 19.6 Å². The maximum Gasteiger partial charge on any atom is 0.408 e. The van der Waals surface area contributed by atoms with E-state index >= 15 is 0 Å². The van der Waals surface area contributed by atoms with Crippen LogP contribution in [0.2, 0.25) is 0 Å². The molecule has 0 spiro atoms. The fourth-order valence-electron chi connectivity index (χ4n) is 4.48. The number of alkyl carbamates (subject to hydrolysis) is 1. The molecule has 2 heterocycles. The van der Waals surface area contributed by atoms with Crippen LogP contribution in [0.25, 0.3) is 0 Å². The number of fused-ring (bicyclic) bond motifs is 1. The number of unbranched alkanes of at least 4 members (excludes halogenated alkanes) is 1. The first-order valence-electron chi connectivity index (χ1n) is 13.7. The average molecular weight is 540 g/mol. The van der Waals surface area contributed by atoms with Gasteiger partial charge in [0.25, 0.3) is 0 Å². The zero-order valence-electron chi connectivity index (χ0n) is 23.0.